The summed E-state index contributed by atoms with van der Waals surface area (Å²) in [6, 6.07) is 10.5. The summed E-state index contributed by atoms with van der Waals surface area (Å²) in [7, 11) is 0. The molecule has 0 aliphatic heterocycles. The predicted molar refractivity (Wildman–Crippen MR) is 166 cm³/mol. The van der Waals surface area contributed by atoms with Gasteiger partial charge in [-0.15, -0.1) is 0 Å². The number of primary amides is 2. The van der Waals surface area contributed by atoms with Gasteiger partial charge in [0.05, 0.1) is 22.1 Å². The van der Waals surface area contributed by atoms with E-state index in [1.54, 1.807) is 26.0 Å². The third-order valence-electron chi connectivity index (χ3n) is 6.54. The van der Waals surface area contributed by atoms with Crippen molar-refractivity contribution >= 4 is 63.7 Å². The van der Waals surface area contributed by atoms with E-state index in [0.717, 1.165) is 0 Å². The van der Waals surface area contributed by atoms with Gasteiger partial charge in [-0.3, -0.25) is 28.8 Å². The van der Waals surface area contributed by atoms with Crippen LogP contribution in [0.15, 0.2) is 75.1 Å². The Hall–Kier alpha value is -5.43. The van der Waals surface area contributed by atoms with Gasteiger partial charge in [-0.1, -0.05) is 29.8 Å². The Morgan fingerprint density at radius 1 is 0.733 bits per heavy atom. The van der Waals surface area contributed by atoms with Crippen LogP contribution in [-0.4, -0.2) is 47.2 Å². The lowest BCUT2D eigenvalue weighted by atomic mass is 10.0. The number of hydrogen-bond acceptors (Lipinski definition) is 10. The molecule has 5 N–H and O–H groups in total. The summed E-state index contributed by atoms with van der Waals surface area (Å²) in [5, 5.41) is 18.4. The van der Waals surface area contributed by atoms with Gasteiger partial charge in [-0.25, -0.2) is 0 Å². The van der Waals surface area contributed by atoms with Crippen LogP contribution in [0.3, 0.4) is 0 Å². The highest BCUT2D eigenvalue weighted by Gasteiger charge is 2.26. The van der Waals surface area contributed by atoms with Crippen LogP contribution >= 0.6 is 11.6 Å². The van der Waals surface area contributed by atoms with E-state index in [1.807, 2.05) is 0 Å². The number of benzene rings is 3. The molecule has 0 aliphatic carbocycles. The molecule has 0 fully saturated rings. The molecule has 3 aromatic carbocycles. The molecule has 2 unspecified atom stereocenters. The number of nitrogens with two attached hydrogens (primary N) is 2. The molecule has 3 aromatic rings. The molecule has 0 radical (unpaired) electrons. The Kier molecular flexibility index (Phi) is 11.2. The first-order chi connectivity index (χ1) is 21.2. The molecular weight excluding hydrogens is 602 g/mol. The molecule has 3 rings (SSSR count). The van der Waals surface area contributed by atoms with Gasteiger partial charge < -0.3 is 16.8 Å². The first-order valence-electron chi connectivity index (χ1n) is 13.4. The van der Waals surface area contributed by atoms with Crippen molar-refractivity contribution in [2.24, 2.45) is 31.9 Å². The molecule has 45 heavy (non-hydrogen) atoms. The Labute approximate surface area is 263 Å². The van der Waals surface area contributed by atoms with Gasteiger partial charge >= 0.3 is 0 Å². The molecule has 0 aliphatic rings. The second-order valence-electron chi connectivity index (χ2n) is 10.1. The zero-order valence-corrected chi connectivity index (χ0v) is 25.6. The molecular formula is C31H30ClN7O6. The lowest BCUT2D eigenvalue weighted by molar-refractivity contribution is -0.128. The van der Waals surface area contributed by atoms with E-state index in [2.05, 4.69) is 25.8 Å². The standard InChI is InChI=1S/C31H30ClN7O6/c1-15-5-8-20(29(33)43)13-24(15)36-38-27(17(3)40)26(42)12-19-7-10-23(22(32)11-19)35-31(45)28(18(4)41)39-37-25-14-21(30(34)44)9-6-16(25)2/h5-11,13-14,27-28H,12H2,1-4H3,(H2,33,43)(H2,34,44)(H,35,45). The number of azo groups is 2. The van der Waals surface area contributed by atoms with Crippen molar-refractivity contribution in [1.29, 1.82) is 0 Å². The van der Waals surface area contributed by atoms with E-state index in [4.69, 9.17) is 23.1 Å². The van der Waals surface area contributed by atoms with Gasteiger partial charge in [0.2, 0.25) is 17.9 Å². The number of aryl methyl sites for hydroxylation is 2. The Bertz CT molecular complexity index is 1770. The number of ketones is 3. The summed E-state index contributed by atoms with van der Waals surface area (Å²) in [4.78, 5) is 73.4. The SMILES string of the molecule is CC(=O)C(N=Nc1cc(C(N)=O)ccc1C)C(=O)Cc1ccc(NC(=O)C(N=Nc2cc(C(N)=O)ccc2C)C(C)=O)c(Cl)c1. The zero-order chi connectivity index (χ0) is 33.4. The van der Waals surface area contributed by atoms with Crippen LogP contribution in [0.4, 0.5) is 17.1 Å². The second kappa shape index (κ2) is 14.8. The third kappa shape index (κ3) is 9.03. The number of nitrogens with zero attached hydrogens (tertiary/aromatic N) is 4. The highest BCUT2D eigenvalue weighted by atomic mass is 35.5. The van der Waals surface area contributed by atoms with Crippen LogP contribution in [-0.2, 0) is 25.6 Å². The molecule has 2 atom stereocenters. The lowest BCUT2D eigenvalue weighted by Crippen LogP contribution is -2.32. The molecule has 3 amide bonds. The number of halogens is 1. The number of nitrogens with one attached hydrogen (secondary N) is 1. The summed E-state index contributed by atoms with van der Waals surface area (Å²) < 4.78 is 0. The van der Waals surface area contributed by atoms with Crippen molar-refractivity contribution in [3.63, 3.8) is 0 Å². The van der Waals surface area contributed by atoms with E-state index in [0.29, 0.717) is 16.7 Å². The predicted octanol–water partition coefficient (Wildman–Crippen LogP) is 4.69. The molecule has 0 bridgehead atoms. The zero-order valence-electron chi connectivity index (χ0n) is 24.8. The fraction of sp³-hybridized carbons (Fsp3) is 0.226. The summed E-state index contributed by atoms with van der Waals surface area (Å²) >= 11 is 6.37. The van der Waals surface area contributed by atoms with E-state index in [-0.39, 0.29) is 39.6 Å². The first kappa shape index (κ1) is 34.1. The van der Waals surface area contributed by atoms with E-state index >= 15 is 0 Å². The number of carbonyl (C=O) groups excluding carboxylic acids is 6. The fourth-order valence-electron chi connectivity index (χ4n) is 3.94. The number of rotatable bonds is 13. The molecule has 0 aromatic heterocycles. The van der Waals surface area contributed by atoms with Crippen LogP contribution in [0.25, 0.3) is 0 Å². The van der Waals surface area contributed by atoms with Crippen LogP contribution in [0.5, 0.6) is 0 Å². The Morgan fingerprint density at radius 3 is 1.67 bits per heavy atom. The van der Waals surface area contributed by atoms with Crippen molar-refractivity contribution in [3.05, 3.63) is 87.4 Å². The number of carbonyl (C=O) groups is 6. The van der Waals surface area contributed by atoms with Crippen LogP contribution < -0.4 is 16.8 Å². The maximum absolute atomic E-state index is 13.0. The van der Waals surface area contributed by atoms with Crippen molar-refractivity contribution in [1.82, 2.24) is 0 Å². The van der Waals surface area contributed by atoms with Gasteiger partial charge in [0.15, 0.2) is 23.4 Å². The average Bonchev–Trinajstić information content (AvgIpc) is 2.95. The number of amides is 3. The maximum atomic E-state index is 13.0. The monoisotopic (exact) mass is 631 g/mol. The van der Waals surface area contributed by atoms with Gasteiger partial charge in [0, 0.05) is 17.5 Å². The van der Waals surface area contributed by atoms with Crippen LogP contribution in [0.2, 0.25) is 5.02 Å². The number of hydrogen-bond donors (Lipinski definition) is 3. The minimum absolute atomic E-state index is 0.0535. The minimum Gasteiger partial charge on any atom is -0.366 e. The Morgan fingerprint density at radius 2 is 1.22 bits per heavy atom. The topological polar surface area (TPSA) is 216 Å². The first-order valence-corrected chi connectivity index (χ1v) is 13.8. The fourth-order valence-corrected chi connectivity index (χ4v) is 4.19. The lowest BCUT2D eigenvalue weighted by Gasteiger charge is -2.12. The van der Waals surface area contributed by atoms with E-state index < -0.39 is 47.2 Å². The highest BCUT2D eigenvalue weighted by molar-refractivity contribution is 6.34. The molecule has 0 saturated heterocycles. The molecule has 0 heterocycles. The summed E-state index contributed by atoms with van der Waals surface area (Å²) in [6.07, 6.45) is -0.231. The van der Waals surface area contributed by atoms with Gasteiger partial charge in [0.25, 0.3) is 5.91 Å². The highest BCUT2D eigenvalue weighted by Crippen LogP contribution is 2.26. The van der Waals surface area contributed by atoms with Crippen molar-refractivity contribution in [3.8, 4) is 0 Å². The van der Waals surface area contributed by atoms with Crippen molar-refractivity contribution < 1.29 is 28.8 Å². The summed E-state index contributed by atoms with van der Waals surface area (Å²) in [6.45, 7) is 5.81. The normalized spacial score (nSPS) is 12.6. The molecule has 13 nitrogen and oxygen atoms in total. The van der Waals surface area contributed by atoms with Crippen molar-refractivity contribution in [2.45, 2.75) is 46.2 Å². The summed E-state index contributed by atoms with van der Waals surface area (Å²) in [5.74, 6) is -3.84. The molecule has 0 saturated carbocycles. The summed E-state index contributed by atoms with van der Waals surface area (Å²) in [5.41, 5.74) is 13.4. The third-order valence-corrected chi connectivity index (χ3v) is 6.86. The number of Topliss-reactive ketones (excluding diaryl/α,β-unsaturated/α-hetero) is 3. The second-order valence-corrected chi connectivity index (χ2v) is 10.5. The van der Waals surface area contributed by atoms with Gasteiger partial charge in [-0.2, -0.15) is 20.5 Å². The molecule has 0 spiro atoms. The van der Waals surface area contributed by atoms with Crippen LogP contribution in [0.1, 0.15) is 51.3 Å². The quantitative estimate of drug-likeness (QED) is 0.179. The van der Waals surface area contributed by atoms with Crippen molar-refractivity contribution in [2.75, 3.05) is 5.32 Å². The number of anilines is 1. The minimum atomic E-state index is -1.52. The smallest absolute Gasteiger partial charge is 0.258 e. The Balaban J connectivity index is 1.74. The maximum Gasteiger partial charge on any atom is 0.258 e. The van der Waals surface area contributed by atoms with Gasteiger partial charge in [-0.05, 0) is 80.8 Å². The van der Waals surface area contributed by atoms with Gasteiger partial charge in [0.1, 0.15) is 0 Å². The largest absolute Gasteiger partial charge is 0.366 e. The molecule has 232 valence electrons. The average molecular weight is 632 g/mol. The molecule has 14 heteroatoms. The van der Waals surface area contributed by atoms with Crippen LogP contribution in [0, 0.1) is 13.8 Å². The van der Waals surface area contributed by atoms with E-state index in [9.17, 15) is 28.8 Å². The van der Waals surface area contributed by atoms with E-state index in [1.165, 1.54) is 56.3 Å².